The molecule has 1 atom stereocenters. The summed E-state index contributed by atoms with van der Waals surface area (Å²) in [6.45, 7) is 6.67. The van der Waals surface area contributed by atoms with Crippen LogP contribution in [0.25, 0.3) is 0 Å². The molecular formula is C15H25N5O. The van der Waals surface area contributed by atoms with E-state index in [1.54, 1.807) is 6.20 Å². The van der Waals surface area contributed by atoms with Crippen molar-refractivity contribution < 1.29 is 4.79 Å². The van der Waals surface area contributed by atoms with E-state index in [1.165, 1.54) is 12.8 Å². The van der Waals surface area contributed by atoms with Gasteiger partial charge in [0.05, 0.1) is 25.3 Å². The van der Waals surface area contributed by atoms with E-state index in [0.717, 1.165) is 44.9 Å². The van der Waals surface area contributed by atoms with Gasteiger partial charge in [0, 0.05) is 12.7 Å². The lowest BCUT2D eigenvalue weighted by Crippen LogP contribution is -2.46. The van der Waals surface area contributed by atoms with Gasteiger partial charge in [-0.25, -0.2) is 0 Å². The minimum Gasteiger partial charge on any atom is -0.337 e. The van der Waals surface area contributed by atoms with Crippen molar-refractivity contribution in [3.8, 4) is 0 Å². The van der Waals surface area contributed by atoms with Crippen molar-refractivity contribution in [1.82, 2.24) is 24.8 Å². The van der Waals surface area contributed by atoms with E-state index < -0.39 is 0 Å². The molecule has 0 unspecified atom stereocenters. The smallest absolute Gasteiger partial charge is 0.237 e. The molecule has 6 heteroatoms. The summed E-state index contributed by atoms with van der Waals surface area (Å²) in [5, 5.41) is 7.85. The maximum Gasteiger partial charge on any atom is 0.237 e. The quantitative estimate of drug-likeness (QED) is 0.830. The first kappa shape index (κ1) is 14.5. The molecule has 0 N–H and O–H groups in total. The van der Waals surface area contributed by atoms with Gasteiger partial charge in [0.1, 0.15) is 0 Å². The maximum absolute atomic E-state index is 12.6. The van der Waals surface area contributed by atoms with Gasteiger partial charge in [0.15, 0.2) is 0 Å². The lowest BCUT2D eigenvalue weighted by atomic mass is 9.99. The van der Waals surface area contributed by atoms with Gasteiger partial charge in [0.25, 0.3) is 0 Å². The topological polar surface area (TPSA) is 54.3 Å². The zero-order valence-electron chi connectivity index (χ0n) is 12.8. The van der Waals surface area contributed by atoms with Crippen molar-refractivity contribution >= 4 is 5.91 Å². The highest BCUT2D eigenvalue weighted by atomic mass is 16.2. The summed E-state index contributed by atoms with van der Waals surface area (Å²) in [7, 11) is 0. The first-order valence-electron chi connectivity index (χ1n) is 8.08. The molecule has 0 radical (unpaired) electrons. The van der Waals surface area contributed by atoms with Crippen LogP contribution in [-0.4, -0.2) is 62.9 Å². The van der Waals surface area contributed by atoms with Crippen LogP contribution in [-0.2, 0) is 11.3 Å². The van der Waals surface area contributed by atoms with Gasteiger partial charge in [-0.15, -0.1) is 5.10 Å². The Bertz CT molecular complexity index is 453. The van der Waals surface area contributed by atoms with Crippen LogP contribution < -0.4 is 0 Å². The molecule has 2 saturated heterocycles. The summed E-state index contributed by atoms with van der Waals surface area (Å²) in [5.41, 5.74) is 0. The summed E-state index contributed by atoms with van der Waals surface area (Å²) >= 11 is 0. The second-order valence-corrected chi connectivity index (χ2v) is 6.47. The molecule has 0 saturated carbocycles. The standard InChI is InChI=1S/C15H25N5O/c1-13-4-8-18(9-5-13)12-15(21)20-7-2-3-14(20)11-19-10-6-16-17-19/h6,10,13-14H,2-5,7-9,11-12H2,1H3/t14-/m0/s1. The minimum atomic E-state index is 0.280. The lowest BCUT2D eigenvalue weighted by molar-refractivity contribution is -0.133. The van der Waals surface area contributed by atoms with Gasteiger partial charge in [0.2, 0.25) is 5.91 Å². The summed E-state index contributed by atoms with van der Waals surface area (Å²) in [6.07, 6.45) is 8.17. The second kappa shape index (κ2) is 6.56. The number of aromatic nitrogens is 3. The van der Waals surface area contributed by atoms with E-state index in [0.29, 0.717) is 6.54 Å². The van der Waals surface area contributed by atoms with Crippen LogP contribution in [0.5, 0.6) is 0 Å². The molecule has 1 aromatic rings. The predicted molar refractivity (Wildman–Crippen MR) is 79.6 cm³/mol. The average Bonchev–Trinajstić information content (AvgIpc) is 3.13. The Hall–Kier alpha value is -1.43. The van der Waals surface area contributed by atoms with Crippen molar-refractivity contribution in [2.24, 2.45) is 5.92 Å². The highest BCUT2D eigenvalue weighted by Crippen LogP contribution is 2.20. The average molecular weight is 291 g/mol. The summed E-state index contributed by atoms with van der Waals surface area (Å²) < 4.78 is 1.83. The fourth-order valence-corrected chi connectivity index (χ4v) is 3.40. The van der Waals surface area contributed by atoms with Crippen LogP contribution in [0.15, 0.2) is 12.4 Å². The first-order valence-corrected chi connectivity index (χ1v) is 8.08. The molecule has 1 aromatic heterocycles. The van der Waals surface area contributed by atoms with Crippen LogP contribution in [0.3, 0.4) is 0 Å². The largest absolute Gasteiger partial charge is 0.337 e. The molecule has 2 aliphatic rings. The fourth-order valence-electron chi connectivity index (χ4n) is 3.40. The number of carbonyl (C=O) groups excluding carboxylic acids is 1. The van der Waals surface area contributed by atoms with E-state index in [1.807, 2.05) is 10.9 Å². The van der Waals surface area contributed by atoms with Crippen LogP contribution >= 0.6 is 0 Å². The number of nitrogens with zero attached hydrogens (tertiary/aromatic N) is 5. The minimum absolute atomic E-state index is 0.280. The highest BCUT2D eigenvalue weighted by molar-refractivity contribution is 5.78. The molecule has 0 spiro atoms. The van der Waals surface area contributed by atoms with Crippen LogP contribution in [0.1, 0.15) is 32.6 Å². The normalized spacial score (nSPS) is 24.6. The number of hydrogen-bond donors (Lipinski definition) is 0. The molecule has 1 amide bonds. The molecule has 2 aliphatic heterocycles. The zero-order chi connectivity index (χ0) is 14.7. The number of likely N-dealkylation sites (tertiary alicyclic amines) is 2. The van der Waals surface area contributed by atoms with Gasteiger partial charge in [-0.3, -0.25) is 14.4 Å². The number of piperidine rings is 1. The van der Waals surface area contributed by atoms with Gasteiger partial charge < -0.3 is 4.90 Å². The van der Waals surface area contributed by atoms with Crippen molar-refractivity contribution in [3.05, 3.63) is 12.4 Å². The number of amides is 1. The van der Waals surface area contributed by atoms with Crippen molar-refractivity contribution in [2.45, 2.75) is 45.2 Å². The lowest BCUT2D eigenvalue weighted by Gasteiger charge is -2.32. The maximum atomic E-state index is 12.6. The van der Waals surface area contributed by atoms with Crippen molar-refractivity contribution in [2.75, 3.05) is 26.2 Å². The second-order valence-electron chi connectivity index (χ2n) is 6.47. The van der Waals surface area contributed by atoms with Gasteiger partial charge in [-0.05, 0) is 44.7 Å². The third-order valence-corrected chi connectivity index (χ3v) is 4.80. The van der Waals surface area contributed by atoms with Crippen molar-refractivity contribution in [1.29, 1.82) is 0 Å². The zero-order valence-corrected chi connectivity index (χ0v) is 12.8. The summed E-state index contributed by atoms with van der Waals surface area (Å²) in [5.74, 6) is 1.09. The van der Waals surface area contributed by atoms with E-state index in [9.17, 15) is 4.79 Å². The molecule has 0 bridgehead atoms. The monoisotopic (exact) mass is 291 g/mol. The number of carbonyl (C=O) groups is 1. The molecule has 0 aliphatic carbocycles. The Morgan fingerprint density at radius 1 is 1.24 bits per heavy atom. The first-order chi connectivity index (χ1) is 10.2. The Labute approximate surface area is 126 Å². The molecular weight excluding hydrogens is 266 g/mol. The molecule has 116 valence electrons. The SMILES string of the molecule is CC1CCN(CC(=O)N2CCC[C@H]2Cn2ccnn2)CC1. The van der Waals surface area contributed by atoms with Gasteiger partial charge >= 0.3 is 0 Å². The summed E-state index contributed by atoms with van der Waals surface area (Å²) in [6, 6.07) is 0.280. The van der Waals surface area contributed by atoms with Crippen LogP contribution in [0.2, 0.25) is 0 Å². The highest BCUT2D eigenvalue weighted by Gasteiger charge is 2.30. The molecule has 2 fully saturated rings. The van der Waals surface area contributed by atoms with E-state index in [2.05, 4.69) is 27.0 Å². The van der Waals surface area contributed by atoms with E-state index in [-0.39, 0.29) is 11.9 Å². The number of rotatable bonds is 4. The summed E-state index contributed by atoms with van der Waals surface area (Å²) in [4.78, 5) is 16.9. The Balaban J connectivity index is 1.53. The Morgan fingerprint density at radius 3 is 2.76 bits per heavy atom. The van der Waals surface area contributed by atoms with Gasteiger partial charge in [-0.2, -0.15) is 0 Å². The third-order valence-electron chi connectivity index (χ3n) is 4.80. The Kier molecular flexibility index (Phi) is 4.53. The van der Waals surface area contributed by atoms with Crippen LogP contribution in [0, 0.1) is 5.92 Å². The van der Waals surface area contributed by atoms with E-state index >= 15 is 0 Å². The molecule has 21 heavy (non-hydrogen) atoms. The predicted octanol–water partition coefficient (Wildman–Crippen LogP) is 1.00. The van der Waals surface area contributed by atoms with Crippen molar-refractivity contribution in [3.63, 3.8) is 0 Å². The number of hydrogen-bond acceptors (Lipinski definition) is 4. The molecule has 3 heterocycles. The third kappa shape index (κ3) is 3.61. The molecule has 6 nitrogen and oxygen atoms in total. The molecule has 0 aromatic carbocycles. The van der Waals surface area contributed by atoms with Gasteiger partial charge in [-0.1, -0.05) is 12.1 Å². The molecule has 3 rings (SSSR count). The van der Waals surface area contributed by atoms with E-state index in [4.69, 9.17) is 0 Å². The Morgan fingerprint density at radius 2 is 2.05 bits per heavy atom. The van der Waals surface area contributed by atoms with Crippen LogP contribution in [0.4, 0.5) is 0 Å². The fraction of sp³-hybridized carbons (Fsp3) is 0.800.